The molecule has 2 aromatic carbocycles. The quantitative estimate of drug-likeness (QED) is 0.248. The molecule has 1 N–H and O–H groups in total. The predicted molar refractivity (Wildman–Crippen MR) is 136 cm³/mol. The maximum absolute atomic E-state index is 13.2. The minimum atomic E-state index is -0.551. The highest BCUT2D eigenvalue weighted by molar-refractivity contribution is 7.99. The van der Waals surface area contributed by atoms with Gasteiger partial charge in [-0.25, -0.2) is 0 Å². The molecular formula is C24H29Cl3N2O2S. The van der Waals surface area contributed by atoms with Gasteiger partial charge in [-0.1, -0.05) is 54.7 Å². The third-order valence-corrected chi connectivity index (χ3v) is 6.85. The van der Waals surface area contributed by atoms with E-state index >= 15 is 0 Å². The van der Waals surface area contributed by atoms with Gasteiger partial charge in [-0.15, -0.1) is 11.8 Å². The number of nitrogens with zero attached hydrogens (tertiary/aromatic N) is 1. The third-order valence-electron chi connectivity index (χ3n) is 4.91. The van der Waals surface area contributed by atoms with Gasteiger partial charge in [0.15, 0.2) is 0 Å². The summed E-state index contributed by atoms with van der Waals surface area (Å²) in [5.74, 6) is 0.594. The Hall–Kier alpha value is -1.40. The summed E-state index contributed by atoms with van der Waals surface area (Å²) >= 11 is 20.0. The first kappa shape index (κ1) is 26.8. The highest BCUT2D eigenvalue weighted by atomic mass is 35.5. The molecule has 1 unspecified atom stereocenters. The number of halogens is 3. The Labute approximate surface area is 210 Å². The summed E-state index contributed by atoms with van der Waals surface area (Å²) in [6.45, 7) is 4.75. The first-order chi connectivity index (χ1) is 15.3. The van der Waals surface area contributed by atoms with Gasteiger partial charge in [-0.2, -0.15) is 0 Å². The number of carbonyl (C=O) groups excluding carboxylic acids is 2. The number of rotatable bonds is 12. The van der Waals surface area contributed by atoms with E-state index in [1.807, 2.05) is 38.1 Å². The Balaban J connectivity index is 2.07. The highest BCUT2D eigenvalue weighted by Gasteiger charge is 2.28. The predicted octanol–water partition coefficient (Wildman–Crippen LogP) is 6.85. The molecule has 8 heteroatoms. The lowest BCUT2D eigenvalue weighted by atomic mass is 10.1. The molecule has 0 aliphatic rings. The first-order valence-electron chi connectivity index (χ1n) is 10.7. The average molecular weight is 516 g/mol. The number of carbonyl (C=O) groups is 2. The molecule has 32 heavy (non-hydrogen) atoms. The van der Waals surface area contributed by atoms with Crippen molar-refractivity contribution in [3.8, 4) is 0 Å². The molecule has 2 rings (SSSR count). The van der Waals surface area contributed by atoms with Crippen LogP contribution in [0.3, 0.4) is 0 Å². The van der Waals surface area contributed by atoms with E-state index in [0.29, 0.717) is 40.9 Å². The molecular weight excluding hydrogens is 487 g/mol. The first-order valence-corrected chi connectivity index (χ1v) is 12.9. The fourth-order valence-corrected chi connectivity index (χ4v) is 4.65. The normalized spacial score (nSPS) is 11.8. The van der Waals surface area contributed by atoms with E-state index in [2.05, 4.69) is 5.32 Å². The van der Waals surface area contributed by atoms with Gasteiger partial charge in [0.2, 0.25) is 11.8 Å². The van der Waals surface area contributed by atoms with E-state index < -0.39 is 6.04 Å². The van der Waals surface area contributed by atoms with Crippen LogP contribution in [0.1, 0.15) is 45.1 Å². The van der Waals surface area contributed by atoms with Crippen LogP contribution >= 0.6 is 46.6 Å². The summed E-state index contributed by atoms with van der Waals surface area (Å²) in [6.07, 6.45) is 2.40. The number of amides is 2. The topological polar surface area (TPSA) is 49.4 Å². The Kier molecular flexibility index (Phi) is 11.7. The molecule has 0 aliphatic heterocycles. The standard InChI is InChI=1S/C24H29Cl3N2O2S/c1-3-13-28-24(31)22(4-2)29(16-17-7-8-19(26)15-21(17)27)23(30)6-5-14-32-20-11-9-18(25)10-12-20/h7-12,15,22H,3-6,13-14,16H2,1-2H3,(H,28,31). The maximum Gasteiger partial charge on any atom is 0.242 e. The Bertz CT molecular complexity index is 893. The van der Waals surface area contributed by atoms with Gasteiger partial charge in [0.1, 0.15) is 6.04 Å². The Morgan fingerprint density at radius 3 is 2.34 bits per heavy atom. The average Bonchev–Trinajstić information content (AvgIpc) is 2.77. The van der Waals surface area contributed by atoms with Crippen molar-refractivity contribution in [3.63, 3.8) is 0 Å². The van der Waals surface area contributed by atoms with Crippen molar-refractivity contribution in [3.05, 3.63) is 63.1 Å². The molecule has 0 bridgehead atoms. The van der Waals surface area contributed by atoms with E-state index in [9.17, 15) is 9.59 Å². The monoisotopic (exact) mass is 514 g/mol. The molecule has 2 amide bonds. The SMILES string of the molecule is CCCNC(=O)C(CC)N(Cc1ccc(Cl)cc1Cl)C(=O)CCCSc1ccc(Cl)cc1. The van der Waals surface area contributed by atoms with E-state index in [1.54, 1.807) is 34.9 Å². The second-order valence-corrected chi connectivity index (χ2v) is 9.83. The van der Waals surface area contributed by atoms with Crippen LogP contribution in [0, 0.1) is 0 Å². The van der Waals surface area contributed by atoms with Gasteiger partial charge in [0.25, 0.3) is 0 Å². The third kappa shape index (κ3) is 8.51. The van der Waals surface area contributed by atoms with Crippen LogP contribution in [0.2, 0.25) is 15.1 Å². The van der Waals surface area contributed by atoms with E-state index in [0.717, 1.165) is 22.6 Å². The smallest absolute Gasteiger partial charge is 0.242 e. The van der Waals surface area contributed by atoms with Gasteiger partial charge in [0, 0.05) is 39.5 Å². The summed E-state index contributed by atoms with van der Waals surface area (Å²) in [4.78, 5) is 28.7. The van der Waals surface area contributed by atoms with Crippen LogP contribution in [-0.2, 0) is 16.1 Å². The number of hydrogen-bond acceptors (Lipinski definition) is 3. The molecule has 0 saturated carbocycles. The lowest BCUT2D eigenvalue weighted by Gasteiger charge is -2.31. The van der Waals surface area contributed by atoms with Crippen LogP contribution < -0.4 is 5.32 Å². The molecule has 0 spiro atoms. The van der Waals surface area contributed by atoms with E-state index in [4.69, 9.17) is 34.8 Å². The van der Waals surface area contributed by atoms with Crippen molar-refractivity contribution in [2.24, 2.45) is 0 Å². The maximum atomic E-state index is 13.2. The van der Waals surface area contributed by atoms with Crippen LogP contribution in [-0.4, -0.2) is 35.1 Å². The molecule has 0 fully saturated rings. The van der Waals surface area contributed by atoms with E-state index in [1.165, 1.54) is 0 Å². The van der Waals surface area contributed by atoms with Crippen molar-refractivity contribution in [2.75, 3.05) is 12.3 Å². The minimum Gasteiger partial charge on any atom is -0.354 e. The molecule has 1 atom stereocenters. The van der Waals surface area contributed by atoms with Gasteiger partial charge in [-0.05, 0) is 67.0 Å². The molecule has 0 heterocycles. The number of hydrogen-bond donors (Lipinski definition) is 1. The van der Waals surface area contributed by atoms with Crippen molar-refractivity contribution in [1.82, 2.24) is 10.2 Å². The Morgan fingerprint density at radius 1 is 1.03 bits per heavy atom. The summed E-state index contributed by atoms with van der Waals surface area (Å²) in [6, 6.07) is 12.3. The van der Waals surface area contributed by atoms with Crippen molar-refractivity contribution in [2.45, 2.75) is 57.0 Å². The molecule has 0 saturated heterocycles. The largest absolute Gasteiger partial charge is 0.354 e. The number of nitrogens with one attached hydrogen (secondary N) is 1. The van der Waals surface area contributed by atoms with Gasteiger partial charge in [-0.3, -0.25) is 9.59 Å². The van der Waals surface area contributed by atoms with Crippen molar-refractivity contribution < 1.29 is 9.59 Å². The molecule has 174 valence electrons. The van der Waals surface area contributed by atoms with Crippen LogP contribution in [0.5, 0.6) is 0 Å². The number of benzene rings is 2. The van der Waals surface area contributed by atoms with Crippen LogP contribution in [0.25, 0.3) is 0 Å². The van der Waals surface area contributed by atoms with Gasteiger partial charge < -0.3 is 10.2 Å². The Morgan fingerprint density at radius 2 is 1.72 bits per heavy atom. The minimum absolute atomic E-state index is 0.0637. The van der Waals surface area contributed by atoms with Crippen LogP contribution in [0.4, 0.5) is 0 Å². The second kappa shape index (κ2) is 14.0. The number of thioether (sulfide) groups is 1. The zero-order valence-electron chi connectivity index (χ0n) is 18.4. The fraction of sp³-hybridized carbons (Fsp3) is 0.417. The summed E-state index contributed by atoms with van der Waals surface area (Å²) < 4.78 is 0. The summed E-state index contributed by atoms with van der Waals surface area (Å²) in [5, 5.41) is 4.64. The molecule has 0 aromatic heterocycles. The van der Waals surface area contributed by atoms with E-state index in [-0.39, 0.29) is 18.4 Å². The molecule has 0 aliphatic carbocycles. The van der Waals surface area contributed by atoms with Crippen molar-refractivity contribution >= 4 is 58.4 Å². The molecule has 0 radical (unpaired) electrons. The fourth-order valence-electron chi connectivity index (χ4n) is 3.21. The van der Waals surface area contributed by atoms with Gasteiger partial charge >= 0.3 is 0 Å². The summed E-state index contributed by atoms with van der Waals surface area (Å²) in [5.41, 5.74) is 0.765. The second-order valence-electron chi connectivity index (χ2n) is 7.38. The zero-order valence-corrected chi connectivity index (χ0v) is 21.5. The highest BCUT2D eigenvalue weighted by Crippen LogP contribution is 2.25. The van der Waals surface area contributed by atoms with Crippen LogP contribution in [0.15, 0.2) is 47.4 Å². The molecule has 4 nitrogen and oxygen atoms in total. The lowest BCUT2D eigenvalue weighted by Crippen LogP contribution is -2.49. The summed E-state index contributed by atoms with van der Waals surface area (Å²) in [7, 11) is 0. The molecule has 2 aromatic rings. The lowest BCUT2D eigenvalue weighted by molar-refractivity contribution is -0.141. The zero-order chi connectivity index (χ0) is 23.5. The van der Waals surface area contributed by atoms with Crippen molar-refractivity contribution in [1.29, 1.82) is 0 Å². The van der Waals surface area contributed by atoms with Gasteiger partial charge in [0.05, 0.1) is 0 Å².